The highest BCUT2D eigenvalue weighted by molar-refractivity contribution is 5.99. The minimum absolute atomic E-state index is 0.0774. The van der Waals surface area contributed by atoms with Crippen LogP contribution in [0, 0.1) is 5.92 Å². The summed E-state index contributed by atoms with van der Waals surface area (Å²) in [4.78, 5) is 31.9. The third-order valence-corrected chi connectivity index (χ3v) is 5.22. The van der Waals surface area contributed by atoms with Crippen LogP contribution in [0.5, 0.6) is 0 Å². The number of benzene rings is 1. The molecule has 1 aromatic carbocycles. The molecule has 3 amide bonds. The van der Waals surface area contributed by atoms with Crippen molar-refractivity contribution in [3.63, 3.8) is 0 Å². The predicted molar refractivity (Wildman–Crippen MR) is 121 cm³/mol. The van der Waals surface area contributed by atoms with Crippen LogP contribution in [0.15, 0.2) is 30.3 Å². The van der Waals surface area contributed by atoms with Gasteiger partial charge in [0.25, 0.3) is 0 Å². The van der Waals surface area contributed by atoms with Gasteiger partial charge in [-0.2, -0.15) is 0 Å². The van der Waals surface area contributed by atoms with Crippen LogP contribution in [-0.2, 0) is 4.79 Å². The number of hydrogen-bond acceptors (Lipinski definition) is 4. The molecule has 1 fully saturated rings. The summed E-state index contributed by atoms with van der Waals surface area (Å²) in [6.45, 7) is 13.4. The average Bonchev–Trinajstić information content (AvgIpc) is 2.67. The van der Waals surface area contributed by atoms with E-state index in [1.54, 1.807) is 23.6 Å². The molecule has 1 saturated heterocycles. The van der Waals surface area contributed by atoms with Crippen molar-refractivity contribution >= 4 is 17.6 Å². The summed E-state index contributed by atoms with van der Waals surface area (Å²) in [6.07, 6.45) is 0.590. The Labute approximate surface area is 181 Å². The molecule has 0 bridgehead atoms. The van der Waals surface area contributed by atoms with Crippen molar-refractivity contribution in [2.24, 2.45) is 5.92 Å². The van der Waals surface area contributed by atoms with Crippen molar-refractivity contribution in [3.05, 3.63) is 30.3 Å². The Morgan fingerprint density at radius 2 is 1.73 bits per heavy atom. The van der Waals surface area contributed by atoms with Gasteiger partial charge in [0.15, 0.2) is 0 Å². The van der Waals surface area contributed by atoms with Crippen molar-refractivity contribution in [2.75, 3.05) is 44.2 Å². The lowest BCUT2D eigenvalue weighted by molar-refractivity contribution is -0.120. The number of para-hydroxylation sites is 1. The van der Waals surface area contributed by atoms with Crippen molar-refractivity contribution in [2.45, 2.75) is 52.7 Å². The Morgan fingerprint density at radius 3 is 2.23 bits per heavy atom. The minimum atomic E-state index is -0.750. The molecule has 2 N–H and O–H groups in total. The summed E-state index contributed by atoms with van der Waals surface area (Å²) < 4.78 is 0. The van der Waals surface area contributed by atoms with Crippen LogP contribution < -0.4 is 10.2 Å². The smallest absolute Gasteiger partial charge is 0.318 e. The summed E-state index contributed by atoms with van der Waals surface area (Å²) in [5, 5.41) is 13.0. The SMILES string of the molecule is CCN(C(=O)[C@H](CC(C)C)NC(=O)N1CCN(CC(C)(C)O)CC1)c1ccccc1. The molecule has 7 nitrogen and oxygen atoms in total. The highest BCUT2D eigenvalue weighted by Crippen LogP contribution is 2.17. The van der Waals surface area contributed by atoms with Gasteiger partial charge in [-0.1, -0.05) is 32.0 Å². The zero-order chi connectivity index (χ0) is 22.3. The number of likely N-dealkylation sites (N-methyl/N-ethyl adjacent to an activating group) is 1. The van der Waals surface area contributed by atoms with Crippen molar-refractivity contribution in [1.82, 2.24) is 15.1 Å². The monoisotopic (exact) mass is 418 g/mol. The first-order valence-corrected chi connectivity index (χ1v) is 11.0. The summed E-state index contributed by atoms with van der Waals surface area (Å²) in [7, 11) is 0. The highest BCUT2D eigenvalue weighted by atomic mass is 16.3. The summed E-state index contributed by atoms with van der Waals surface area (Å²) >= 11 is 0. The van der Waals surface area contributed by atoms with E-state index in [1.807, 2.05) is 37.3 Å². The maximum atomic E-state index is 13.3. The van der Waals surface area contributed by atoms with E-state index in [1.165, 1.54) is 0 Å². The molecular weight excluding hydrogens is 380 g/mol. The van der Waals surface area contributed by atoms with Crippen molar-refractivity contribution < 1.29 is 14.7 Å². The van der Waals surface area contributed by atoms with Crippen LogP contribution in [0.3, 0.4) is 0 Å². The largest absolute Gasteiger partial charge is 0.389 e. The number of aliphatic hydroxyl groups is 1. The van der Waals surface area contributed by atoms with Gasteiger partial charge in [-0.15, -0.1) is 0 Å². The molecule has 30 heavy (non-hydrogen) atoms. The van der Waals surface area contributed by atoms with Crippen LogP contribution >= 0.6 is 0 Å². The fourth-order valence-corrected chi connectivity index (χ4v) is 3.85. The summed E-state index contributed by atoms with van der Waals surface area (Å²) in [5.74, 6) is 0.198. The van der Waals surface area contributed by atoms with Crippen molar-refractivity contribution in [1.29, 1.82) is 0 Å². The van der Waals surface area contributed by atoms with Gasteiger partial charge in [0.1, 0.15) is 6.04 Å². The Morgan fingerprint density at radius 1 is 1.13 bits per heavy atom. The lowest BCUT2D eigenvalue weighted by Gasteiger charge is -2.38. The van der Waals surface area contributed by atoms with Gasteiger partial charge >= 0.3 is 6.03 Å². The average molecular weight is 419 g/mol. The molecule has 168 valence electrons. The second kappa shape index (κ2) is 10.8. The Hall–Kier alpha value is -2.12. The van der Waals surface area contributed by atoms with Crippen LogP contribution in [0.1, 0.15) is 41.0 Å². The maximum Gasteiger partial charge on any atom is 0.318 e. The second-order valence-corrected chi connectivity index (χ2v) is 9.13. The number of nitrogens with one attached hydrogen (secondary N) is 1. The second-order valence-electron chi connectivity index (χ2n) is 9.13. The van der Waals surface area contributed by atoms with Gasteiger partial charge in [0.2, 0.25) is 5.91 Å². The van der Waals surface area contributed by atoms with Crippen LogP contribution in [0.2, 0.25) is 0 Å². The quantitative estimate of drug-likeness (QED) is 0.680. The number of anilines is 1. The molecule has 1 atom stereocenters. The maximum absolute atomic E-state index is 13.3. The van der Waals surface area contributed by atoms with Gasteiger partial charge in [0.05, 0.1) is 5.60 Å². The van der Waals surface area contributed by atoms with E-state index in [0.29, 0.717) is 45.7 Å². The van der Waals surface area contributed by atoms with Gasteiger partial charge in [-0.25, -0.2) is 4.79 Å². The lowest BCUT2D eigenvalue weighted by Crippen LogP contribution is -2.57. The zero-order valence-electron chi connectivity index (χ0n) is 19.1. The predicted octanol–water partition coefficient (Wildman–Crippen LogP) is 2.55. The molecule has 1 aromatic rings. The molecule has 0 radical (unpaired) electrons. The van der Waals surface area contributed by atoms with Crippen LogP contribution in [0.4, 0.5) is 10.5 Å². The third-order valence-electron chi connectivity index (χ3n) is 5.22. The Balaban J connectivity index is 2.02. The van der Waals surface area contributed by atoms with E-state index in [2.05, 4.69) is 24.1 Å². The van der Waals surface area contributed by atoms with E-state index in [0.717, 1.165) is 5.69 Å². The van der Waals surface area contributed by atoms with Gasteiger partial charge in [-0.3, -0.25) is 9.69 Å². The molecule has 0 unspecified atom stereocenters. The molecule has 1 aliphatic heterocycles. The molecule has 1 heterocycles. The first-order chi connectivity index (χ1) is 14.1. The van der Waals surface area contributed by atoms with Gasteiger partial charge in [-0.05, 0) is 45.2 Å². The Bertz CT molecular complexity index is 679. The Kier molecular flexibility index (Phi) is 8.67. The fraction of sp³-hybridized carbons (Fsp3) is 0.652. The van der Waals surface area contributed by atoms with E-state index in [9.17, 15) is 14.7 Å². The van der Waals surface area contributed by atoms with E-state index in [4.69, 9.17) is 0 Å². The third kappa shape index (κ3) is 7.29. The number of hydrogen-bond donors (Lipinski definition) is 2. The number of piperazine rings is 1. The standard InChI is InChI=1S/C23H38N4O3/c1-6-27(19-10-8-7-9-11-19)21(28)20(16-18(2)3)24-22(29)26-14-12-25(13-15-26)17-23(4,5)30/h7-11,18,20,30H,6,12-17H2,1-5H3,(H,24,29)/t20-/m0/s1. The number of nitrogens with zero attached hydrogens (tertiary/aromatic N) is 3. The van der Waals surface area contributed by atoms with Gasteiger partial charge < -0.3 is 20.2 Å². The molecule has 7 heteroatoms. The van der Waals surface area contributed by atoms with E-state index < -0.39 is 11.6 Å². The molecule has 0 aliphatic carbocycles. The molecule has 2 rings (SSSR count). The highest BCUT2D eigenvalue weighted by Gasteiger charge is 2.30. The summed E-state index contributed by atoms with van der Waals surface area (Å²) in [5.41, 5.74) is 0.0912. The first kappa shape index (κ1) is 24.2. The first-order valence-electron chi connectivity index (χ1n) is 11.0. The van der Waals surface area contributed by atoms with Crippen molar-refractivity contribution in [3.8, 4) is 0 Å². The molecule has 1 aliphatic rings. The van der Waals surface area contributed by atoms with Crippen LogP contribution in [-0.4, -0.2) is 77.8 Å². The lowest BCUT2D eigenvalue weighted by atomic mass is 10.0. The van der Waals surface area contributed by atoms with E-state index in [-0.39, 0.29) is 17.9 Å². The zero-order valence-corrected chi connectivity index (χ0v) is 19.1. The number of rotatable bonds is 8. The number of carbonyl (C=O) groups is 2. The molecular formula is C23H38N4O3. The van der Waals surface area contributed by atoms with Gasteiger partial charge in [0, 0.05) is 45.0 Å². The van der Waals surface area contributed by atoms with E-state index >= 15 is 0 Å². The fourth-order valence-electron chi connectivity index (χ4n) is 3.85. The minimum Gasteiger partial charge on any atom is -0.389 e. The normalized spacial score (nSPS) is 16.4. The summed E-state index contributed by atoms with van der Waals surface area (Å²) in [6, 6.07) is 8.82. The number of amides is 3. The molecule has 0 saturated carbocycles. The van der Waals surface area contributed by atoms with Crippen LogP contribution in [0.25, 0.3) is 0 Å². The number of carbonyl (C=O) groups excluding carboxylic acids is 2. The number of β-amino-alcohol motifs (C(OH)–C–C–N with tert-alkyl or cyclic N) is 1. The molecule has 0 spiro atoms. The molecule has 0 aromatic heterocycles. The topological polar surface area (TPSA) is 76.1 Å². The number of urea groups is 1.